The van der Waals surface area contributed by atoms with Gasteiger partial charge in [-0.3, -0.25) is 0 Å². The van der Waals surface area contributed by atoms with E-state index in [1.54, 1.807) is 0 Å². The van der Waals surface area contributed by atoms with Crippen molar-refractivity contribution in [3.05, 3.63) is 24.8 Å². The molecule has 0 aromatic carbocycles. The van der Waals surface area contributed by atoms with Gasteiger partial charge < -0.3 is 0 Å². The lowest BCUT2D eigenvalue weighted by molar-refractivity contribution is 0.737. The second-order valence-electron chi connectivity index (χ2n) is 4.10. The van der Waals surface area contributed by atoms with Gasteiger partial charge in [0.1, 0.15) is 0 Å². The SMILES string of the molecule is C/C=C/C.C=CCC.CC(C)C.CCCC. The normalized spacial score (nSPS) is 8.06. The van der Waals surface area contributed by atoms with Gasteiger partial charge in [-0.05, 0) is 26.2 Å². The van der Waals surface area contributed by atoms with E-state index in [0.717, 1.165) is 12.3 Å². The van der Waals surface area contributed by atoms with Gasteiger partial charge in [0.15, 0.2) is 0 Å². The standard InChI is InChI=1S/2C4H10.2C4H8/c1-4(2)3;3*1-3-4-2/h4H,1-3H3;3-4H2,1-2H3;3-4H,1-2H3;3H,1,4H2,2H3/b;;4-3+;. The molecular weight excluding hydrogens is 192 g/mol. The van der Waals surface area contributed by atoms with Crippen LogP contribution >= 0.6 is 0 Å². The molecule has 0 aliphatic heterocycles. The summed E-state index contributed by atoms with van der Waals surface area (Å²) in [6, 6.07) is 0. The summed E-state index contributed by atoms with van der Waals surface area (Å²) >= 11 is 0. The van der Waals surface area contributed by atoms with Crippen LogP contribution in [0.5, 0.6) is 0 Å². The molecule has 0 saturated carbocycles. The summed E-state index contributed by atoms with van der Waals surface area (Å²) in [6.07, 6.45) is 9.60. The van der Waals surface area contributed by atoms with Gasteiger partial charge in [0, 0.05) is 0 Å². The topological polar surface area (TPSA) is 0 Å². The molecule has 100 valence electrons. The molecule has 0 atom stereocenters. The van der Waals surface area contributed by atoms with Crippen LogP contribution in [0.2, 0.25) is 0 Å². The van der Waals surface area contributed by atoms with Crippen molar-refractivity contribution < 1.29 is 0 Å². The maximum absolute atomic E-state index is 3.48. The van der Waals surface area contributed by atoms with Crippen LogP contribution in [0.3, 0.4) is 0 Å². The van der Waals surface area contributed by atoms with Crippen LogP contribution in [0.15, 0.2) is 24.8 Å². The Morgan fingerprint density at radius 1 is 0.875 bits per heavy atom. The van der Waals surface area contributed by atoms with Crippen molar-refractivity contribution in [1.82, 2.24) is 0 Å². The number of rotatable bonds is 2. The van der Waals surface area contributed by atoms with Gasteiger partial charge in [-0.25, -0.2) is 0 Å². The first-order valence-electron chi connectivity index (χ1n) is 6.66. The van der Waals surface area contributed by atoms with Crippen LogP contribution in [0.1, 0.15) is 74.7 Å². The summed E-state index contributed by atoms with van der Waals surface area (Å²) in [6.45, 7) is 20.4. The lowest BCUT2D eigenvalue weighted by Gasteiger charge is -1.79. The van der Waals surface area contributed by atoms with Crippen molar-refractivity contribution >= 4 is 0 Å². The number of hydrogen-bond acceptors (Lipinski definition) is 0. The lowest BCUT2D eigenvalue weighted by Crippen LogP contribution is -1.66. The third-order valence-corrected chi connectivity index (χ3v) is 1.12. The monoisotopic (exact) mass is 228 g/mol. The average molecular weight is 228 g/mol. The van der Waals surface area contributed by atoms with Crippen molar-refractivity contribution in [2.45, 2.75) is 74.7 Å². The molecule has 0 rings (SSSR count). The Bertz CT molecular complexity index is 89.9. The minimum absolute atomic E-state index is 0.833. The van der Waals surface area contributed by atoms with Crippen LogP contribution < -0.4 is 0 Å². The van der Waals surface area contributed by atoms with Crippen LogP contribution in [0, 0.1) is 5.92 Å². The summed E-state index contributed by atoms with van der Waals surface area (Å²) in [5, 5.41) is 0. The quantitative estimate of drug-likeness (QED) is 0.465. The molecular formula is C16H36. The molecule has 0 N–H and O–H groups in total. The first-order valence-corrected chi connectivity index (χ1v) is 6.66. The first kappa shape index (κ1) is 24.6. The zero-order valence-electron chi connectivity index (χ0n) is 13.1. The molecule has 0 heterocycles. The zero-order chi connectivity index (χ0) is 13.8. The van der Waals surface area contributed by atoms with Gasteiger partial charge in [-0.2, -0.15) is 0 Å². The average Bonchev–Trinajstić information content (AvgIpc) is 2.28. The van der Waals surface area contributed by atoms with E-state index in [2.05, 4.69) is 48.1 Å². The van der Waals surface area contributed by atoms with E-state index in [-0.39, 0.29) is 0 Å². The van der Waals surface area contributed by atoms with Gasteiger partial charge >= 0.3 is 0 Å². The molecule has 0 aliphatic rings. The van der Waals surface area contributed by atoms with Crippen molar-refractivity contribution in [1.29, 1.82) is 0 Å². The highest BCUT2D eigenvalue weighted by atomic mass is 13.7. The Morgan fingerprint density at radius 2 is 1.06 bits per heavy atom. The Balaban J connectivity index is -0.0000000600. The molecule has 0 saturated heterocycles. The van der Waals surface area contributed by atoms with E-state index in [0.29, 0.717) is 0 Å². The van der Waals surface area contributed by atoms with E-state index in [4.69, 9.17) is 0 Å². The second-order valence-corrected chi connectivity index (χ2v) is 4.10. The largest absolute Gasteiger partial charge is 0.103 e. The summed E-state index contributed by atoms with van der Waals surface area (Å²) in [7, 11) is 0. The lowest BCUT2D eigenvalue weighted by atomic mass is 10.3. The summed E-state index contributed by atoms with van der Waals surface area (Å²) in [5.74, 6) is 0.833. The van der Waals surface area contributed by atoms with E-state index in [9.17, 15) is 0 Å². The smallest absolute Gasteiger partial charge is 0.0382 e. The predicted octanol–water partition coefficient (Wildman–Crippen LogP) is 6.63. The maximum Gasteiger partial charge on any atom is -0.0382 e. The van der Waals surface area contributed by atoms with Crippen LogP contribution in [0.25, 0.3) is 0 Å². The van der Waals surface area contributed by atoms with E-state index in [1.165, 1.54) is 12.8 Å². The summed E-state index contributed by atoms with van der Waals surface area (Å²) in [4.78, 5) is 0. The van der Waals surface area contributed by atoms with Gasteiger partial charge in [0.25, 0.3) is 0 Å². The van der Waals surface area contributed by atoms with Crippen molar-refractivity contribution in [2.24, 2.45) is 5.92 Å². The van der Waals surface area contributed by atoms with Gasteiger partial charge in [0.2, 0.25) is 0 Å². The van der Waals surface area contributed by atoms with Gasteiger partial charge in [-0.1, -0.05) is 72.6 Å². The number of allylic oxidation sites excluding steroid dienone is 3. The zero-order valence-corrected chi connectivity index (χ0v) is 13.1. The number of unbranched alkanes of at least 4 members (excludes halogenated alkanes) is 1. The Labute approximate surface area is 106 Å². The van der Waals surface area contributed by atoms with Crippen molar-refractivity contribution in [3.8, 4) is 0 Å². The summed E-state index contributed by atoms with van der Waals surface area (Å²) < 4.78 is 0. The molecule has 0 heteroatoms. The highest BCUT2D eigenvalue weighted by molar-refractivity contribution is 4.68. The van der Waals surface area contributed by atoms with Gasteiger partial charge in [-0.15, -0.1) is 6.58 Å². The fraction of sp³-hybridized carbons (Fsp3) is 0.750. The van der Waals surface area contributed by atoms with Crippen LogP contribution in [-0.4, -0.2) is 0 Å². The molecule has 0 radical (unpaired) electrons. The Kier molecular flexibility index (Phi) is 56.3. The molecule has 0 fully saturated rings. The molecule has 0 aromatic heterocycles. The molecule has 0 spiro atoms. The third kappa shape index (κ3) is 341. The fourth-order valence-corrected chi connectivity index (χ4v) is 0. The summed E-state index contributed by atoms with van der Waals surface area (Å²) in [5.41, 5.74) is 0. The van der Waals surface area contributed by atoms with Crippen LogP contribution in [0.4, 0.5) is 0 Å². The fourth-order valence-electron chi connectivity index (χ4n) is 0. The molecule has 16 heavy (non-hydrogen) atoms. The van der Waals surface area contributed by atoms with Gasteiger partial charge in [0.05, 0.1) is 0 Å². The number of hydrogen-bond donors (Lipinski definition) is 0. The molecule has 0 bridgehead atoms. The Hall–Kier alpha value is -0.520. The van der Waals surface area contributed by atoms with Crippen molar-refractivity contribution in [3.63, 3.8) is 0 Å². The second kappa shape index (κ2) is 36.6. The molecule has 0 nitrogen and oxygen atoms in total. The maximum atomic E-state index is 3.48. The first-order chi connectivity index (χ1) is 7.47. The molecule has 0 unspecified atom stereocenters. The van der Waals surface area contributed by atoms with E-state index in [1.807, 2.05) is 32.1 Å². The van der Waals surface area contributed by atoms with E-state index < -0.39 is 0 Å². The highest BCUT2D eigenvalue weighted by Gasteiger charge is 1.68. The molecule has 0 amide bonds. The Morgan fingerprint density at radius 3 is 1.06 bits per heavy atom. The molecule has 0 aliphatic carbocycles. The predicted molar refractivity (Wildman–Crippen MR) is 82.1 cm³/mol. The van der Waals surface area contributed by atoms with E-state index >= 15 is 0 Å². The third-order valence-electron chi connectivity index (χ3n) is 1.12. The van der Waals surface area contributed by atoms with Crippen molar-refractivity contribution in [2.75, 3.05) is 0 Å². The minimum atomic E-state index is 0.833. The van der Waals surface area contributed by atoms with Crippen LogP contribution in [-0.2, 0) is 0 Å². The highest BCUT2D eigenvalue weighted by Crippen LogP contribution is 1.81. The molecule has 0 aromatic rings. The minimum Gasteiger partial charge on any atom is -0.103 e.